The molecule has 104 valence electrons. The first kappa shape index (κ1) is 13.4. The fourth-order valence-corrected chi connectivity index (χ4v) is 2.53. The Kier molecular flexibility index (Phi) is 3.23. The van der Waals surface area contributed by atoms with Gasteiger partial charge in [-0.15, -0.1) is 6.42 Å². The van der Waals surface area contributed by atoms with Crippen LogP contribution in [0.2, 0.25) is 0 Å². The number of rotatable bonds is 3. The third-order valence-electron chi connectivity index (χ3n) is 3.86. The summed E-state index contributed by atoms with van der Waals surface area (Å²) >= 11 is 0. The van der Waals surface area contributed by atoms with Gasteiger partial charge in [-0.05, 0) is 37.1 Å². The molecule has 2 aromatic carbocycles. The van der Waals surface area contributed by atoms with E-state index < -0.39 is 5.41 Å². The topological polar surface area (TPSA) is 29.1 Å². The van der Waals surface area contributed by atoms with Gasteiger partial charge in [-0.3, -0.25) is 4.79 Å². The lowest BCUT2D eigenvalue weighted by Gasteiger charge is -2.16. The van der Waals surface area contributed by atoms with Gasteiger partial charge in [0.2, 0.25) is 5.91 Å². The summed E-state index contributed by atoms with van der Waals surface area (Å²) < 4.78 is 13.9. The van der Waals surface area contributed by atoms with E-state index in [2.05, 4.69) is 11.2 Å². The number of halogens is 1. The molecule has 1 aliphatic carbocycles. The van der Waals surface area contributed by atoms with Crippen LogP contribution in [0.1, 0.15) is 24.0 Å². The molecule has 1 aliphatic rings. The first-order valence-corrected chi connectivity index (χ1v) is 6.79. The van der Waals surface area contributed by atoms with E-state index in [0.717, 1.165) is 0 Å². The van der Waals surface area contributed by atoms with Gasteiger partial charge < -0.3 is 5.32 Å². The summed E-state index contributed by atoms with van der Waals surface area (Å²) in [5.74, 6) is 2.01. The van der Waals surface area contributed by atoms with E-state index in [1.165, 1.54) is 6.07 Å². The van der Waals surface area contributed by atoms with Crippen molar-refractivity contribution in [2.24, 2.45) is 0 Å². The second kappa shape index (κ2) is 5.06. The molecule has 0 bridgehead atoms. The Morgan fingerprint density at radius 1 is 1.19 bits per heavy atom. The lowest BCUT2D eigenvalue weighted by Crippen LogP contribution is -2.28. The zero-order valence-electron chi connectivity index (χ0n) is 11.4. The Balaban J connectivity index is 1.86. The highest BCUT2D eigenvalue weighted by molar-refractivity contribution is 6.01. The summed E-state index contributed by atoms with van der Waals surface area (Å²) in [5, 5.41) is 2.84. The van der Waals surface area contributed by atoms with Gasteiger partial charge in [0.05, 0.1) is 5.41 Å². The molecule has 3 heteroatoms. The second-order valence-corrected chi connectivity index (χ2v) is 5.24. The minimum atomic E-state index is -0.739. The minimum Gasteiger partial charge on any atom is -0.325 e. The Bertz CT molecular complexity index is 741. The number of hydrogen-bond donors (Lipinski definition) is 1. The van der Waals surface area contributed by atoms with Gasteiger partial charge >= 0.3 is 0 Å². The Hall–Kier alpha value is -2.60. The molecule has 21 heavy (non-hydrogen) atoms. The number of terminal acetylenes is 1. The van der Waals surface area contributed by atoms with Crippen LogP contribution < -0.4 is 5.32 Å². The van der Waals surface area contributed by atoms with Crippen molar-refractivity contribution in [2.75, 3.05) is 5.32 Å². The summed E-state index contributed by atoms with van der Waals surface area (Å²) in [4.78, 5) is 12.5. The fourth-order valence-electron chi connectivity index (χ4n) is 2.53. The monoisotopic (exact) mass is 279 g/mol. The van der Waals surface area contributed by atoms with Gasteiger partial charge in [0.1, 0.15) is 5.82 Å². The van der Waals surface area contributed by atoms with Crippen LogP contribution in [0.4, 0.5) is 10.1 Å². The largest absolute Gasteiger partial charge is 0.325 e. The van der Waals surface area contributed by atoms with Gasteiger partial charge in [-0.25, -0.2) is 4.39 Å². The zero-order chi connectivity index (χ0) is 14.9. The molecule has 1 saturated carbocycles. The number of anilines is 1. The number of carbonyl (C=O) groups is 1. The van der Waals surface area contributed by atoms with Crippen molar-refractivity contribution in [2.45, 2.75) is 18.3 Å². The highest BCUT2D eigenvalue weighted by atomic mass is 19.1. The minimum absolute atomic E-state index is 0.179. The van der Waals surface area contributed by atoms with Crippen LogP contribution in [0, 0.1) is 18.2 Å². The molecular formula is C18H14FNO. The summed E-state index contributed by atoms with van der Waals surface area (Å²) in [6, 6.07) is 13.5. The predicted molar refractivity (Wildman–Crippen MR) is 80.3 cm³/mol. The van der Waals surface area contributed by atoms with Gasteiger partial charge in [0.15, 0.2) is 0 Å². The normalized spacial score (nSPS) is 15.0. The SMILES string of the molecule is C#Cc1cccc(NC(=O)C2(c3ccccc3F)CC2)c1. The number of amides is 1. The second-order valence-electron chi connectivity index (χ2n) is 5.24. The van der Waals surface area contributed by atoms with Crippen molar-refractivity contribution in [3.8, 4) is 12.3 Å². The molecule has 0 unspecified atom stereocenters. The lowest BCUT2D eigenvalue weighted by atomic mass is 9.94. The van der Waals surface area contributed by atoms with E-state index >= 15 is 0 Å². The molecule has 0 saturated heterocycles. The molecule has 2 nitrogen and oxygen atoms in total. The molecule has 0 aliphatic heterocycles. The smallest absolute Gasteiger partial charge is 0.235 e. The van der Waals surface area contributed by atoms with Crippen molar-refractivity contribution >= 4 is 11.6 Å². The summed E-state index contributed by atoms with van der Waals surface area (Å²) in [6.45, 7) is 0. The van der Waals surface area contributed by atoms with E-state index in [-0.39, 0.29) is 11.7 Å². The number of benzene rings is 2. The third-order valence-corrected chi connectivity index (χ3v) is 3.86. The highest BCUT2D eigenvalue weighted by Gasteiger charge is 2.52. The maximum absolute atomic E-state index is 13.9. The Morgan fingerprint density at radius 2 is 1.95 bits per heavy atom. The van der Waals surface area contributed by atoms with E-state index in [1.54, 1.807) is 42.5 Å². The quantitative estimate of drug-likeness (QED) is 0.856. The first-order chi connectivity index (χ1) is 10.2. The number of hydrogen-bond acceptors (Lipinski definition) is 1. The molecule has 0 spiro atoms. The maximum atomic E-state index is 13.9. The van der Waals surface area contributed by atoms with Crippen LogP contribution in [-0.2, 0) is 10.2 Å². The van der Waals surface area contributed by atoms with Crippen LogP contribution in [0.3, 0.4) is 0 Å². The Labute approximate surface area is 123 Å². The number of carbonyl (C=O) groups excluding carboxylic acids is 1. The van der Waals surface area contributed by atoms with Crippen molar-refractivity contribution in [3.63, 3.8) is 0 Å². The lowest BCUT2D eigenvalue weighted by molar-refractivity contribution is -0.118. The summed E-state index contributed by atoms with van der Waals surface area (Å²) in [7, 11) is 0. The summed E-state index contributed by atoms with van der Waals surface area (Å²) in [5.41, 5.74) is 1.06. The highest BCUT2D eigenvalue weighted by Crippen LogP contribution is 2.49. The van der Waals surface area contributed by atoms with Crippen molar-refractivity contribution < 1.29 is 9.18 Å². The molecule has 3 rings (SSSR count). The van der Waals surface area contributed by atoms with Crippen LogP contribution in [-0.4, -0.2) is 5.91 Å². The van der Waals surface area contributed by atoms with Crippen molar-refractivity contribution in [3.05, 3.63) is 65.5 Å². The van der Waals surface area contributed by atoms with E-state index in [0.29, 0.717) is 29.7 Å². The third kappa shape index (κ3) is 2.41. The molecule has 0 aromatic heterocycles. The van der Waals surface area contributed by atoms with Crippen molar-refractivity contribution in [1.82, 2.24) is 0 Å². The van der Waals surface area contributed by atoms with Gasteiger partial charge in [-0.2, -0.15) is 0 Å². The molecule has 1 amide bonds. The van der Waals surface area contributed by atoms with Crippen molar-refractivity contribution in [1.29, 1.82) is 0 Å². The van der Waals surface area contributed by atoms with Gasteiger partial charge in [0.25, 0.3) is 0 Å². The van der Waals surface area contributed by atoms with Crippen LogP contribution in [0.5, 0.6) is 0 Å². The zero-order valence-corrected chi connectivity index (χ0v) is 11.4. The van der Waals surface area contributed by atoms with Crippen LogP contribution in [0.25, 0.3) is 0 Å². The first-order valence-electron chi connectivity index (χ1n) is 6.79. The average Bonchev–Trinajstić information content (AvgIpc) is 3.29. The summed E-state index contributed by atoms with van der Waals surface area (Å²) in [6.07, 6.45) is 6.67. The van der Waals surface area contributed by atoms with E-state index in [1.807, 2.05) is 0 Å². The predicted octanol–water partition coefficient (Wildman–Crippen LogP) is 3.48. The van der Waals surface area contributed by atoms with Crippen LogP contribution >= 0.6 is 0 Å². The molecule has 1 fully saturated rings. The van der Waals surface area contributed by atoms with Crippen LogP contribution in [0.15, 0.2) is 48.5 Å². The van der Waals surface area contributed by atoms with E-state index in [9.17, 15) is 9.18 Å². The molecule has 0 atom stereocenters. The number of nitrogens with one attached hydrogen (secondary N) is 1. The molecule has 0 radical (unpaired) electrons. The average molecular weight is 279 g/mol. The maximum Gasteiger partial charge on any atom is 0.235 e. The molecule has 1 N–H and O–H groups in total. The molecular weight excluding hydrogens is 265 g/mol. The standard InChI is InChI=1S/C18H14FNO/c1-2-13-6-5-7-14(12-13)20-17(21)18(10-11-18)15-8-3-4-9-16(15)19/h1,3-9,12H,10-11H2,(H,20,21). The van der Waals surface area contributed by atoms with Gasteiger partial charge in [-0.1, -0.05) is 30.2 Å². The fraction of sp³-hybridized carbons (Fsp3) is 0.167. The van der Waals surface area contributed by atoms with Gasteiger partial charge in [0, 0.05) is 16.8 Å². The molecule has 0 heterocycles. The van der Waals surface area contributed by atoms with E-state index in [4.69, 9.17) is 6.42 Å². The molecule has 2 aromatic rings. The Morgan fingerprint density at radius 3 is 2.62 bits per heavy atom.